The van der Waals surface area contributed by atoms with Crippen LogP contribution in [-0.2, 0) is 6.54 Å². The molecule has 0 radical (unpaired) electrons. The van der Waals surface area contributed by atoms with E-state index in [1.165, 1.54) is 6.26 Å². The normalized spacial score (nSPS) is 10.9. The number of H-pyrrole nitrogens is 1. The number of carbonyl (C=O) groups is 1. The first-order valence-corrected chi connectivity index (χ1v) is 8.41. The first kappa shape index (κ1) is 15.3. The minimum atomic E-state index is -0.230. The highest BCUT2D eigenvalue weighted by atomic mass is 32.1. The van der Waals surface area contributed by atoms with Gasteiger partial charge in [0.05, 0.1) is 22.5 Å². The van der Waals surface area contributed by atoms with Gasteiger partial charge in [-0.2, -0.15) is 0 Å². The summed E-state index contributed by atoms with van der Waals surface area (Å²) in [4.78, 5) is 30.6. The molecule has 0 saturated carbocycles. The van der Waals surface area contributed by atoms with Gasteiger partial charge in [-0.1, -0.05) is 29.5 Å². The van der Waals surface area contributed by atoms with Crippen LogP contribution in [0.3, 0.4) is 0 Å². The lowest BCUT2D eigenvalue weighted by atomic mass is 10.2. The summed E-state index contributed by atoms with van der Waals surface area (Å²) in [5, 5.41) is 2.81. The van der Waals surface area contributed by atoms with Gasteiger partial charge in [0.1, 0.15) is 6.26 Å². The molecule has 0 aliphatic heterocycles. The van der Waals surface area contributed by atoms with E-state index in [9.17, 15) is 9.59 Å². The highest BCUT2D eigenvalue weighted by molar-refractivity contribution is 7.16. The second-order valence-corrected chi connectivity index (χ2v) is 6.43. The molecule has 4 rings (SSSR count). The van der Waals surface area contributed by atoms with Crippen LogP contribution >= 0.6 is 11.3 Å². The van der Waals surface area contributed by atoms with E-state index in [0.717, 1.165) is 27.1 Å². The van der Waals surface area contributed by atoms with Crippen LogP contribution in [-0.4, -0.2) is 15.9 Å². The molecule has 2 N–H and O–H groups in total. The molecule has 0 unspecified atom stereocenters. The predicted octanol–water partition coefficient (Wildman–Crippen LogP) is 3.17. The Hall–Kier alpha value is -3.19. The molecule has 6 nitrogen and oxygen atoms in total. The number of oxazole rings is 1. The average Bonchev–Trinajstić information content (AvgIpc) is 3.25. The standard InChI is InChI=1S/C18H13N3O3S/c22-16(12-6-7-14-15(8-12)25-18(23)21-14)19-9-13-10-24-17(20-13)11-4-2-1-3-5-11/h1-8,10H,9H2,(H,19,22)(H,21,23). The molecule has 2 aromatic carbocycles. The molecule has 0 aliphatic carbocycles. The maximum Gasteiger partial charge on any atom is 0.305 e. The third-order valence-corrected chi connectivity index (χ3v) is 4.53. The Labute approximate surface area is 146 Å². The van der Waals surface area contributed by atoms with Crippen molar-refractivity contribution in [2.75, 3.05) is 0 Å². The van der Waals surface area contributed by atoms with Crippen molar-refractivity contribution >= 4 is 27.5 Å². The van der Waals surface area contributed by atoms with Gasteiger partial charge in [0.25, 0.3) is 5.91 Å². The monoisotopic (exact) mass is 351 g/mol. The van der Waals surface area contributed by atoms with Crippen molar-refractivity contribution in [2.45, 2.75) is 6.54 Å². The number of aromatic amines is 1. The van der Waals surface area contributed by atoms with E-state index in [2.05, 4.69) is 15.3 Å². The van der Waals surface area contributed by atoms with E-state index >= 15 is 0 Å². The molecule has 2 heterocycles. The van der Waals surface area contributed by atoms with E-state index in [0.29, 0.717) is 17.1 Å². The number of fused-ring (bicyclic) bond motifs is 1. The molecule has 25 heavy (non-hydrogen) atoms. The summed E-state index contributed by atoms with van der Waals surface area (Å²) in [7, 11) is 0. The molecular formula is C18H13N3O3S. The van der Waals surface area contributed by atoms with Crippen LogP contribution in [0.1, 0.15) is 16.1 Å². The summed E-state index contributed by atoms with van der Waals surface area (Å²) < 4.78 is 6.20. The Bertz CT molecular complexity index is 1100. The maximum atomic E-state index is 12.3. The zero-order chi connectivity index (χ0) is 17.2. The number of thiazole rings is 1. The van der Waals surface area contributed by atoms with Crippen LogP contribution in [0.4, 0.5) is 0 Å². The van der Waals surface area contributed by atoms with Gasteiger partial charge in [0.2, 0.25) is 5.89 Å². The molecule has 124 valence electrons. The number of hydrogen-bond donors (Lipinski definition) is 2. The Balaban J connectivity index is 1.46. The number of amides is 1. The van der Waals surface area contributed by atoms with E-state index in [4.69, 9.17) is 4.42 Å². The number of benzene rings is 2. The van der Waals surface area contributed by atoms with Crippen molar-refractivity contribution in [2.24, 2.45) is 0 Å². The maximum absolute atomic E-state index is 12.3. The van der Waals surface area contributed by atoms with Crippen molar-refractivity contribution < 1.29 is 9.21 Å². The van der Waals surface area contributed by atoms with Crippen LogP contribution in [0.15, 0.2) is 64.0 Å². The van der Waals surface area contributed by atoms with Gasteiger partial charge in [-0.3, -0.25) is 9.59 Å². The minimum absolute atomic E-state index is 0.136. The highest BCUT2D eigenvalue weighted by Crippen LogP contribution is 2.18. The molecule has 1 amide bonds. The van der Waals surface area contributed by atoms with Crippen LogP contribution < -0.4 is 10.2 Å². The third kappa shape index (κ3) is 3.22. The van der Waals surface area contributed by atoms with E-state index in [1.807, 2.05) is 30.3 Å². The average molecular weight is 351 g/mol. The predicted molar refractivity (Wildman–Crippen MR) is 95.6 cm³/mol. The zero-order valence-corrected chi connectivity index (χ0v) is 13.8. The summed E-state index contributed by atoms with van der Waals surface area (Å²) >= 11 is 1.08. The van der Waals surface area contributed by atoms with Gasteiger partial charge in [-0.25, -0.2) is 4.98 Å². The Morgan fingerprint density at radius 1 is 1.20 bits per heavy atom. The fourth-order valence-corrected chi connectivity index (χ4v) is 3.24. The van der Waals surface area contributed by atoms with Crippen molar-refractivity contribution in [3.63, 3.8) is 0 Å². The molecule has 4 aromatic rings. The fraction of sp³-hybridized carbons (Fsp3) is 0.0556. The summed E-state index contributed by atoms with van der Waals surface area (Å²) in [6.07, 6.45) is 1.53. The van der Waals surface area contributed by atoms with E-state index in [-0.39, 0.29) is 17.3 Å². The van der Waals surface area contributed by atoms with Gasteiger partial charge in [0, 0.05) is 11.1 Å². The number of hydrogen-bond acceptors (Lipinski definition) is 5. The van der Waals surface area contributed by atoms with Gasteiger partial charge in [-0.15, -0.1) is 0 Å². The molecule has 0 bridgehead atoms. The van der Waals surface area contributed by atoms with Gasteiger partial charge in [0.15, 0.2) is 0 Å². The molecule has 2 aromatic heterocycles. The third-order valence-electron chi connectivity index (χ3n) is 3.69. The molecule has 7 heteroatoms. The SMILES string of the molecule is O=C(NCc1coc(-c2ccccc2)n1)c1ccc2[nH]c(=O)sc2c1. The molecular weight excluding hydrogens is 338 g/mol. The lowest BCUT2D eigenvalue weighted by Crippen LogP contribution is -2.22. The van der Waals surface area contributed by atoms with Crippen LogP contribution in [0.2, 0.25) is 0 Å². The summed E-state index contributed by atoms with van der Waals surface area (Å²) in [6.45, 7) is 0.260. The van der Waals surface area contributed by atoms with E-state index in [1.54, 1.807) is 18.2 Å². The summed E-state index contributed by atoms with van der Waals surface area (Å²) in [6, 6.07) is 14.7. The number of nitrogens with one attached hydrogen (secondary N) is 2. The summed E-state index contributed by atoms with van der Waals surface area (Å²) in [5.41, 5.74) is 2.75. The topological polar surface area (TPSA) is 88.0 Å². The van der Waals surface area contributed by atoms with Crippen molar-refractivity contribution in [1.29, 1.82) is 0 Å². The molecule has 0 spiro atoms. The number of rotatable bonds is 4. The smallest absolute Gasteiger partial charge is 0.305 e. The summed E-state index contributed by atoms with van der Waals surface area (Å²) in [5.74, 6) is 0.287. The van der Waals surface area contributed by atoms with Crippen LogP contribution in [0.5, 0.6) is 0 Å². The van der Waals surface area contributed by atoms with Crippen molar-refractivity contribution in [3.8, 4) is 11.5 Å². The van der Waals surface area contributed by atoms with Crippen LogP contribution in [0.25, 0.3) is 21.7 Å². The van der Waals surface area contributed by atoms with Crippen LogP contribution in [0, 0.1) is 0 Å². The molecule has 0 atom stereocenters. The largest absolute Gasteiger partial charge is 0.444 e. The molecule has 0 saturated heterocycles. The van der Waals surface area contributed by atoms with Crippen molar-refractivity contribution in [1.82, 2.24) is 15.3 Å². The quantitative estimate of drug-likeness (QED) is 0.591. The van der Waals surface area contributed by atoms with Gasteiger partial charge < -0.3 is 14.7 Å². The first-order chi connectivity index (χ1) is 12.2. The Morgan fingerprint density at radius 2 is 2.04 bits per heavy atom. The molecule has 0 fully saturated rings. The Morgan fingerprint density at radius 3 is 2.88 bits per heavy atom. The second-order valence-electron chi connectivity index (χ2n) is 5.42. The van der Waals surface area contributed by atoms with Gasteiger partial charge >= 0.3 is 4.87 Å². The minimum Gasteiger partial charge on any atom is -0.444 e. The molecule has 0 aliphatic rings. The Kier molecular flexibility index (Phi) is 3.91. The second kappa shape index (κ2) is 6.37. The fourth-order valence-electron chi connectivity index (χ4n) is 2.46. The zero-order valence-electron chi connectivity index (χ0n) is 13.0. The van der Waals surface area contributed by atoms with E-state index < -0.39 is 0 Å². The van der Waals surface area contributed by atoms with Crippen molar-refractivity contribution in [3.05, 3.63) is 75.7 Å². The number of aromatic nitrogens is 2. The highest BCUT2D eigenvalue weighted by Gasteiger charge is 2.10. The number of nitrogens with zero attached hydrogens (tertiary/aromatic N) is 1. The van der Waals surface area contributed by atoms with Gasteiger partial charge in [-0.05, 0) is 30.3 Å². The number of carbonyl (C=O) groups excluding carboxylic acids is 1. The first-order valence-electron chi connectivity index (χ1n) is 7.60. The lowest BCUT2D eigenvalue weighted by Gasteiger charge is -2.03. The lowest BCUT2D eigenvalue weighted by molar-refractivity contribution is 0.0950.